The Morgan fingerprint density at radius 1 is 1.17 bits per heavy atom. The summed E-state index contributed by atoms with van der Waals surface area (Å²) in [5.74, 6) is 0.702. The molecule has 1 fully saturated rings. The number of carbonyl (C=O) groups excluding carboxylic acids is 1. The van der Waals surface area contributed by atoms with E-state index in [4.69, 9.17) is 0 Å². The molecule has 0 unspecified atom stereocenters. The normalized spacial score (nSPS) is 19.4. The zero-order valence-corrected chi connectivity index (χ0v) is 17.3. The number of carbonyl (C=O) groups is 1. The van der Waals surface area contributed by atoms with Gasteiger partial charge in [-0.05, 0) is 51.0 Å². The van der Waals surface area contributed by atoms with Gasteiger partial charge in [0.1, 0.15) is 0 Å². The summed E-state index contributed by atoms with van der Waals surface area (Å²) in [6.45, 7) is 3.82. The Kier molecular flexibility index (Phi) is 5.26. The summed E-state index contributed by atoms with van der Waals surface area (Å²) < 4.78 is 1.67. The van der Waals surface area contributed by atoms with Crippen LogP contribution < -0.4 is 5.56 Å². The van der Waals surface area contributed by atoms with Crippen LogP contribution in [-0.2, 0) is 11.2 Å². The van der Waals surface area contributed by atoms with Crippen molar-refractivity contribution in [3.63, 3.8) is 0 Å². The SMILES string of the molecule is Cc1nc2cc(=O)[nH]n2c(C)c1CC(=O)N(C)C1CCC(c2ccccc2)CC1. The van der Waals surface area contributed by atoms with E-state index in [9.17, 15) is 9.59 Å². The highest BCUT2D eigenvalue weighted by Gasteiger charge is 2.28. The lowest BCUT2D eigenvalue weighted by Crippen LogP contribution is -2.40. The van der Waals surface area contributed by atoms with E-state index < -0.39 is 0 Å². The first-order valence-electron chi connectivity index (χ1n) is 10.3. The van der Waals surface area contributed by atoms with Gasteiger partial charge in [-0.25, -0.2) is 9.50 Å². The Bertz CT molecular complexity index is 1080. The maximum Gasteiger partial charge on any atom is 0.266 e. The standard InChI is InChI=1S/C23H28N4O2/c1-15-20(16(2)27-21(24-15)14-22(28)25-27)13-23(29)26(3)19-11-9-18(10-12-19)17-7-5-4-6-8-17/h4-8,14,18-19H,9-13H2,1-3H3,(H,25,28). The molecular weight excluding hydrogens is 364 g/mol. The van der Waals surface area contributed by atoms with Crippen molar-refractivity contribution >= 4 is 11.6 Å². The number of amides is 1. The molecule has 2 aromatic heterocycles. The van der Waals surface area contributed by atoms with E-state index in [0.29, 0.717) is 18.0 Å². The van der Waals surface area contributed by atoms with Gasteiger partial charge in [0.05, 0.1) is 6.42 Å². The molecule has 0 aliphatic heterocycles. The Balaban J connectivity index is 1.44. The molecule has 29 heavy (non-hydrogen) atoms. The van der Waals surface area contributed by atoms with E-state index >= 15 is 0 Å². The number of aromatic nitrogens is 3. The molecule has 0 radical (unpaired) electrons. The third-order valence-corrected chi connectivity index (χ3v) is 6.44. The van der Waals surface area contributed by atoms with E-state index in [1.807, 2.05) is 25.8 Å². The summed E-state index contributed by atoms with van der Waals surface area (Å²) in [7, 11) is 1.92. The predicted molar refractivity (Wildman–Crippen MR) is 113 cm³/mol. The molecule has 3 aromatic rings. The van der Waals surface area contributed by atoms with Crippen LogP contribution in [-0.4, -0.2) is 38.5 Å². The molecule has 6 nitrogen and oxygen atoms in total. The number of nitrogens with zero attached hydrogens (tertiary/aromatic N) is 3. The van der Waals surface area contributed by atoms with Crippen molar-refractivity contribution in [1.82, 2.24) is 19.5 Å². The highest BCUT2D eigenvalue weighted by molar-refractivity contribution is 5.79. The van der Waals surface area contributed by atoms with Crippen molar-refractivity contribution in [1.29, 1.82) is 0 Å². The summed E-state index contributed by atoms with van der Waals surface area (Å²) in [6.07, 6.45) is 4.59. The van der Waals surface area contributed by atoms with Crippen LogP contribution in [0, 0.1) is 13.8 Å². The molecule has 0 spiro atoms. The minimum Gasteiger partial charge on any atom is -0.342 e. The molecule has 6 heteroatoms. The van der Waals surface area contributed by atoms with Crippen molar-refractivity contribution in [3.05, 3.63) is 69.3 Å². The van der Waals surface area contributed by atoms with Crippen LogP contribution in [0.1, 0.15) is 54.1 Å². The van der Waals surface area contributed by atoms with Gasteiger partial charge >= 0.3 is 0 Å². The van der Waals surface area contributed by atoms with Gasteiger partial charge in [0.2, 0.25) is 5.91 Å². The van der Waals surface area contributed by atoms with Gasteiger partial charge in [-0.15, -0.1) is 0 Å². The van der Waals surface area contributed by atoms with Crippen molar-refractivity contribution < 1.29 is 4.79 Å². The first-order chi connectivity index (χ1) is 13.9. The van der Waals surface area contributed by atoms with Gasteiger partial charge in [-0.1, -0.05) is 30.3 Å². The molecular formula is C23H28N4O2. The highest BCUT2D eigenvalue weighted by atomic mass is 16.2. The van der Waals surface area contributed by atoms with Gasteiger partial charge in [0.15, 0.2) is 5.65 Å². The number of hydrogen-bond acceptors (Lipinski definition) is 3. The fourth-order valence-corrected chi connectivity index (χ4v) is 4.61. The number of fused-ring (bicyclic) bond motifs is 1. The average molecular weight is 393 g/mol. The second-order valence-corrected chi connectivity index (χ2v) is 8.17. The number of aromatic amines is 1. The van der Waals surface area contributed by atoms with E-state index in [-0.39, 0.29) is 17.5 Å². The first kappa shape index (κ1) is 19.4. The van der Waals surface area contributed by atoms with Crippen molar-refractivity contribution in [2.45, 2.75) is 57.9 Å². The Hall–Kier alpha value is -2.89. The Morgan fingerprint density at radius 2 is 1.86 bits per heavy atom. The smallest absolute Gasteiger partial charge is 0.266 e. The molecule has 1 aliphatic carbocycles. The summed E-state index contributed by atoms with van der Waals surface area (Å²) in [5.41, 5.74) is 4.37. The lowest BCUT2D eigenvalue weighted by atomic mass is 9.81. The van der Waals surface area contributed by atoms with Gasteiger partial charge in [0.25, 0.3) is 5.56 Å². The van der Waals surface area contributed by atoms with Crippen LogP contribution in [0.15, 0.2) is 41.2 Å². The number of aryl methyl sites for hydroxylation is 2. The third kappa shape index (κ3) is 3.84. The molecule has 1 aliphatic rings. The van der Waals surface area contributed by atoms with Crippen LogP contribution in [0.5, 0.6) is 0 Å². The van der Waals surface area contributed by atoms with E-state index in [2.05, 4.69) is 40.4 Å². The monoisotopic (exact) mass is 392 g/mol. The van der Waals surface area contributed by atoms with Gasteiger partial charge in [0, 0.05) is 36.1 Å². The lowest BCUT2D eigenvalue weighted by molar-refractivity contribution is -0.131. The Labute approximate surface area is 170 Å². The van der Waals surface area contributed by atoms with Gasteiger partial charge < -0.3 is 4.90 Å². The fourth-order valence-electron chi connectivity index (χ4n) is 4.61. The van der Waals surface area contributed by atoms with E-state index in [1.165, 1.54) is 11.6 Å². The summed E-state index contributed by atoms with van der Waals surface area (Å²) >= 11 is 0. The van der Waals surface area contributed by atoms with Crippen LogP contribution >= 0.6 is 0 Å². The highest BCUT2D eigenvalue weighted by Crippen LogP contribution is 2.34. The predicted octanol–water partition coefficient (Wildman–Crippen LogP) is 3.37. The third-order valence-electron chi connectivity index (χ3n) is 6.44. The van der Waals surface area contributed by atoms with Crippen molar-refractivity contribution in [2.24, 2.45) is 0 Å². The number of hydrogen-bond donors (Lipinski definition) is 1. The molecule has 0 saturated heterocycles. The van der Waals surface area contributed by atoms with Gasteiger partial charge in [-0.3, -0.25) is 14.7 Å². The first-order valence-corrected chi connectivity index (χ1v) is 10.3. The van der Waals surface area contributed by atoms with Crippen LogP contribution in [0.3, 0.4) is 0 Å². The topological polar surface area (TPSA) is 70.5 Å². The second kappa shape index (κ2) is 7.85. The number of H-pyrrole nitrogens is 1. The molecule has 0 atom stereocenters. The Morgan fingerprint density at radius 3 is 2.55 bits per heavy atom. The summed E-state index contributed by atoms with van der Waals surface area (Å²) in [6, 6.07) is 12.4. The maximum atomic E-state index is 13.0. The van der Waals surface area contributed by atoms with Gasteiger partial charge in [-0.2, -0.15) is 0 Å². The maximum absolute atomic E-state index is 13.0. The minimum atomic E-state index is -0.184. The summed E-state index contributed by atoms with van der Waals surface area (Å²) in [4.78, 5) is 31.1. The number of rotatable bonds is 4. The molecule has 1 N–H and O–H groups in total. The van der Waals surface area contributed by atoms with Crippen LogP contribution in [0.4, 0.5) is 0 Å². The second-order valence-electron chi connectivity index (χ2n) is 8.17. The van der Waals surface area contributed by atoms with Crippen LogP contribution in [0.2, 0.25) is 0 Å². The minimum absolute atomic E-state index is 0.106. The van der Waals surface area contributed by atoms with Crippen LogP contribution in [0.25, 0.3) is 5.65 Å². The van der Waals surface area contributed by atoms with E-state index in [1.54, 1.807) is 4.52 Å². The molecule has 4 rings (SSSR count). The molecule has 152 valence electrons. The fraction of sp³-hybridized carbons (Fsp3) is 0.435. The van der Waals surface area contributed by atoms with E-state index in [0.717, 1.165) is 42.6 Å². The zero-order chi connectivity index (χ0) is 20.5. The van der Waals surface area contributed by atoms with Crippen molar-refractivity contribution in [3.8, 4) is 0 Å². The summed E-state index contributed by atoms with van der Waals surface area (Å²) in [5, 5.41) is 2.75. The quantitative estimate of drug-likeness (QED) is 0.740. The molecule has 1 aromatic carbocycles. The molecule has 2 heterocycles. The average Bonchev–Trinajstić information content (AvgIpc) is 3.11. The number of nitrogens with one attached hydrogen (secondary N) is 1. The zero-order valence-electron chi connectivity index (χ0n) is 17.3. The molecule has 0 bridgehead atoms. The van der Waals surface area contributed by atoms with Crippen molar-refractivity contribution in [2.75, 3.05) is 7.05 Å². The molecule has 1 amide bonds. The lowest BCUT2D eigenvalue weighted by Gasteiger charge is -2.35. The molecule has 1 saturated carbocycles. The largest absolute Gasteiger partial charge is 0.342 e. The number of likely N-dealkylation sites (N-methyl/N-ethyl adjacent to an activating group) is 1. The number of benzene rings is 1.